The fourth-order valence-corrected chi connectivity index (χ4v) is 1.58. The quantitative estimate of drug-likeness (QED) is 0.816. The molecule has 0 saturated heterocycles. The molecule has 88 valence electrons. The van der Waals surface area contributed by atoms with Crippen LogP contribution >= 0.6 is 23.2 Å². The Morgan fingerprint density at radius 3 is 2.71 bits per heavy atom. The minimum atomic E-state index is -0.405. The van der Waals surface area contributed by atoms with Crippen molar-refractivity contribution < 1.29 is 4.39 Å². The van der Waals surface area contributed by atoms with Gasteiger partial charge in [-0.05, 0) is 30.3 Å². The Hall–Kier alpha value is -1.52. The topological polar surface area (TPSA) is 50.9 Å². The van der Waals surface area contributed by atoms with Crippen LogP contribution in [-0.4, -0.2) is 4.98 Å². The third-order valence-electron chi connectivity index (χ3n) is 2.07. The number of hydrogen-bond acceptors (Lipinski definition) is 3. The molecule has 0 amide bonds. The van der Waals surface area contributed by atoms with E-state index in [4.69, 9.17) is 28.9 Å². The summed E-state index contributed by atoms with van der Waals surface area (Å²) >= 11 is 11.6. The lowest BCUT2D eigenvalue weighted by atomic mass is 10.3. The summed E-state index contributed by atoms with van der Waals surface area (Å²) in [5.41, 5.74) is 6.49. The average Bonchev–Trinajstić information content (AvgIpc) is 2.28. The lowest BCUT2D eigenvalue weighted by Gasteiger charge is -2.10. The summed E-state index contributed by atoms with van der Waals surface area (Å²) in [6, 6.07) is 7.13. The summed E-state index contributed by atoms with van der Waals surface area (Å²) in [5, 5.41) is 3.48. The van der Waals surface area contributed by atoms with E-state index in [-0.39, 0.29) is 5.15 Å². The van der Waals surface area contributed by atoms with E-state index in [0.29, 0.717) is 22.2 Å². The van der Waals surface area contributed by atoms with Gasteiger partial charge in [0.05, 0.1) is 16.4 Å². The molecule has 1 aromatic heterocycles. The SMILES string of the molecule is Nc1ccc(Cl)nc1Nc1cc(F)ccc1Cl. The number of benzene rings is 1. The lowest BCUT2D eigenvalue weighted by Crippen LogP contribution is -2.00. The number of nitrogens with one attached hydrogen (secondary N) is 1. The Morgan fingerprint density at radius 1 is 1.18 bits per heavy atom. The second-order valence-electron chi connectivity index (χ2n) is 3.32. The third kappa shape index (κ3) is 2.78. The van der Waals surface area contributed by atoms with Gasteiger partial charge in [-0.15, -0.1) is 0 Å². The number of anilines is 3. The largest absolute Gasteiger partial charge is 0.396 e. The van der Waals surface area contributed by atoms with Crippen molar-refractivity contribution in [3.8, 4) is 0 Å². The van der Waals surface area contributed by atoms with Gasteiger partial charge in [-0.2, -0.15) is 0 Å². The van der Waals surface area contributed by atoms with Crippen LogP contribution in [0.25, 0.3) is 0 Å². The number of rotatable bonds is 2. The standard InChI is InChI=1S/C11H8Cl2FN3/c12-7-2-1-6(14)5-9(7)16-11-8(15)3-4-10(13)17-11/h1-5H,15H2,(H,16,17). The minimum absolute atomic E-state index is 0.286. The molecule has 0 aliphatic rings. The van der Waals surface area contributed by atoms with Gasteiger partial charge in [0.15, 0.2) is 5.82 Å². The van der Waals surface area contributed by atoms with Gasteiger partial charge in [-0.1, -0.05) is 23.2 Å². The highest BCUT2D eigenvalue weighted by atomic mass is 35.5. The fraction of sp³-hybridized carbons (Fsp3) is 0. The van der Waals surface area contributed by atoms with Crippen molar-refractivity contribution >= 4 is 40.4 Å². The van der Waals surface area contributed by atoms with E-state index >= 15 is 0 Å². The van der Waals surface area contributed by atoms with Crippen molar-refractivity contribution in [1.29, 1.82) is 0 Å². The van der Waals surface area contributed by atoms with Gasteiger partial charge in [0.2, 0.25) is 0 Å². The lowest BCUT2D eigenvalue weighted by molar-refractivity contribution is 0.628. The molecule has 1 aromatic carbocycles. The molecule has 0 aliphatic heterocycles. The van der Waals surface area contributed by atoms with E-state index in [1.165, 1.54) is 18.2 Å². The molecule has 0 saturated carbocycles. The molecular weight excluding hydrogens is 264 g/mol. The summed E-state index contributed by atoms with van der Waals surface area (Å²) < 4.78 is 13.1. The Bertz CT molecular complexity index is 511. The summed E-state index contributed by atoms with van der Waals surface area (Å²) in [4.78, 5) is 3.99. The van der Waals surface area contributed by atoms with Gasteiger partial charge in [-0.3, -0.25) is 0 Å². The molecule has 0 radical (unpaired) electrons. The number of hydrogen-bond donors (Lipinski definition) is 2. The van der Waals surface area contributed by atoms with Crippen molar-refractivity contribution in [3.63, 3.8) is 0 Å². The highest BCUT2D eigenvalue weighted by Crippen LogP contribution is 2.28. The van der Waals surface area contributed by atoms with Gasteiger partial charge in [0, 0.05) is 0 Å². The first kappa shape index (κ1) is 12.0. The molecular formula is C11H8Cl2FN3. The first-order valence-electron chi connectivity index (χ1n) is 4.70. The van der Waals surface area contributed by atoms with Crippen LogP contribution in [0.1, 0.15) is 0 Å². The molecule has 0 fully saturated rings. The summed E-state index contributed by atoms with van der Waals surface area (Å²) in [7, 11) is 0. The zero-order valence-electron chi connectivity index (χ0n) is 8.55. The Kier molecular flexibility index (Phi) is 3.36. The average molecular weight is 272 g/mol. The van der Waals surface area contributed by atoms with Crippen LogP contribution in [0.4, 0.5) is 21.6 Å². The number of nitrogens with zero attached hydrogens (tertiary/aromatic N) is 1. The molecule has 0 atom stereocenters. The number of nitrogens with two attached hydrogens (primary N) is 1. The van der Waals surface area contributed by atoms with Gasteiger partial charge in [0.1, 0.15) is 11.0 Å². The molecule has 0 aliphatic carbocycles. The molecule has 1 heterocycles. The van der Waals surface area contributed by atoms with Crippen molar-refractivity contribution in [3.05, 3.63) is 46.3 Å². The van der Waals surface area contributed by atoms with Crippen LogP contribution in [0.15, 0.2) is 30.3 Å². The Morgan fingerprint density at radius 2 is 1.94 bits per heavy atom. The molecule has 0 spiro atoms. The maximum atomic E-state index is 13.1. The monoisotopic (exact) mass is 271 g/mol. The highest BCUT2D eigenvalue weighted by molar-refractivity contribution is 6.33. The molecule has 2 aromatic rings. The number of halogens is 3. The molecule has 0 bridgehead atoms. The van der Waals surface area contributed by atoms with Crippen LogP contribution in [0, 0.1) is 5.82 Å². The molecule has 2 rings (SSSR count). The van der Waals surface area contributed by atoms with Crippen LogP contribution in [0.5, 0.6) is 0 Å². The fourth-order valence-electron chi connectivity index (χ4n) is 1.27. The first-order valence-corrected chi connectivity index (χ1v) is 5.46. The van der Waals surface area contributed by atoms with Gasteiger partial charge < -0.3 is 11.1 Å². The zero-order valence-corrected chi connectivity index (χ0v) is 10.1. The summed E-state index contributed by atoms with van der Waals surface area (Å²) in [5.74, 6) is -0.0671. The predicted molar refractivity (Wildman–Crippen MR) is 68.4 cm³/mol. The predicted octanol–water partition coefficient (Wildman–Crippen LogP) is 3.85. The second-order valence-corrected chi connectivity index (χ2v) is 4.12. The van der Waals surface area contributed by atoms with Gasteiger partial charge >= 0.3 is 0 Å². The van der Waals surface area contributed by atoms with Crippen molar-refractivity contribution in [2.24, 2.45) is 0 Å². The van der Waals surface area contributed by atoms with Gasteiger partial charge in [0.25, 0.3) is 0 Å². The van der Waals surface area contributed by atoms with Gasteiger partial charge in [-0.25, -0.2) is 9.37 Å². The summed E-state index contributed by atoms with van der Waals surface area (Å²) in [6.45, 7) is 0. The van der Waals surface area contributed by atoms with E-state index < -0.39 is 5.82 Å². The number of pyridine rings is 1. The smallest absolute Gasteiger partial charge is 0.155 e. The molecule has 6 heteroatoms. The maximum Gasteiger partial charge on any atom is 0.155 e. The Labute approximate surface area is 107 Å². The molecule has 3 N–H and O–H groups in total. The van der Waals surface area contributed by atoms with Crippen LogP contribution in [0.3, 0.4) is 0 Å². The number of nitrogen functional groups attached to an aromatic ring is 1. The van der Waals surface area contributed by atoms with Crippen LogP contribution < -0.4 is 11.1 Å². The first-order chi connectivity index (χ1) is 8.06. The van der Waals surface area contributed by atoms with Crippen molar-refractivity contribution in [1.82, 2.24) is 4.98 Å². The normalized spacial score (nSPS) is 10.3. The minimum Gasteiger partial charge on any atom is -0.396 e. The maximum absolute atomic E-state index is 13.1. The second kappa shape index (κ2) is 4.77. The Balaban J connectivity index is 2.37. The molecule has 0 unspecified atom stereocenters. The van der Waals surface area contributed by atoms with Crippen LogP contribution in [-0.2, 0) is 0 Å². The van der Waals surface area contributed by atoms with E-state index in [2.05, 4.69) is 10.3 Å². The van der Waals surface area contributed by atoms with E-state index in [1.54, 1.807) is 12.1 Å². The van der Waals surface area contributed by atoms with E-state index in [0.717, 1.165) is 0 Å². The number of aromatic nitrogens is 1. The molecule has 3 nitrogen and oxygen atoms in total. The summed E-state index contributed by atoms with van der Waals surface area (Å²) in [6.07, 6.45) is 0. The molecule has 17 heavy (non-hydrogen) atoms. The van der Waals surface area contributed by atoms with E-state index in [1.807, 2.05) is 0 Å². The zero-order chi connectivity index (χ0) is 12.4. The van der Waals surface area contributed by atoms with Crippen molar-refractivity contribution in [2.45, 2.75) is 0 Å². The van der Waals surface area contributed by atoms with Crippen molar-refractivity contribution in [2.75, 3.05) is 11.1 Å². The van der Waals surface area contributed by atoms with Crippen LogP contribution in [0.2, 0.25) is 10.2 Å². The highest BCUT2D eigenvalue weighted by Gasteiger charge is 2.06. The third-order valence-corrected chi connectivity index (χ3v) is 2.61. The van der Waals surface area contributed by atoms with E-state index in [9.17, 15) is 4.39 Å².